The zero-order valence-corrected chi connectivity index (χ0v) is 8.03. The number of thiophene rings is 1. The highest BCUT2D eigenvalue weighted by molar-refractivity contribution is 7.12. The third-order valence-electron chi connectivity index (χ3n) is 2.36. The number of carboxylic acids is 1. The van der Waals surface area contributed by atoms with Gasteiger partial charge < -0.3 is 5.11 Å². The quantitative estimate of drug-likeness (QED) is 0.786. The van der Waals surface area contributed by atoms with Gasteiger partial charge in [0.15, 0.2) is 0 Å². The molecule has 5 heteroatoms. The fourth-order valence-electron chi connectivity index (χ4n) is 1.69. The van der Waals surface area contributed by atoms with E-state index in [1.54, 1.807) is 0 Å². The van der Waals surface area contributed by atoms with E-state index in [0.29, 0.717) is 11.1 Å². The predicted octanol–water partition coefficient (Wildman–Crippen LogP) is 2.57. The van der Waals surface area contributed by atoms with Crippen LogP contribution in [-0.4, -0.2) is 17.0 Å². The molecule has 76 valence electrons. The van der Waals surface area contributed by atoms with Gasteiger partial charge in [-0.15, -0.1) is 11.3 Å². The molecule has 2 nitrogen and oxygen atoms in total. The number of alkyl halides is 2. The van der Waals surface area contributed by atoms with Crippen LogP contribution >= 0.6 is 11.3 Å². The lowest BCUT2D eigenvalue weighted by atomic mass is 9.91. The Hall–Kier alpha value is -0.970. The number of carbonyl (C=O) groups is 1. The zero-order chi connectivity index (χ0) is 10.3. The number of carboxylic acid groups (broad SMARTS) is 1. The second-order valence-electron chi connectivity index (χ2n) is 3.41. The van der Waals surface area contributed by atoms with Crippen LogP contribution in [0.15, 0.2) is 5.38 Å². The third kappa shape index (κ3) is 1.52. The molecule has 0 aliphatic heterocycles. The van der Waals surface area contributed by atoms with E-state index in [1.807, 2.05) is 0 Å². The van der Waals surface area contributed by atoms with Crippen LogP contribution in [0.1, 0.15) is 27.2 Å². The van der Waals surface area contributed by atoms with Crippen molar-refractivity contribution < 1.29 is 18.7 Å². The molecule has 0 radical (unpaired) electrons. The van der Waals surface area contributed by atoms with Crippen LogP contribution < -0.4 is 0 Å². The van der Waals surface area contributed by atoms with E-state index in [2.05, 4.69) is 0 Å². The summed E-state index contributed by atoms with van der Waals surface area (Å²) in [6.07, 6.45) is -0.378. The summed E-state index contributed by atoms with van der Waals surface area (Å²) in [5.41, 5.74) is 1.11. The van der Waals surface area contributed by atoms with Gasteiger partial charge in [0.1, 0.15) is 4.88 Å². The summed E-state index contributed by atoms with van der Waals surface area (Å²) in [6, 6.07) is 0. The molecule has 1 N–H and O–H groups in total. The molecule has 0 unspecified atom stereocenters. The van der Waals surface area contributed by atoms with E-state index in [-0.39, 0.29) is 24.1 Å². The molecule has 0 fully saturated rings. The van der Waals surface area contributed by atoms with Crippen LogP contribution in [0, 0.1) is 0 Å². The first kappa shape index (κ1) is 9.58. The van der Waals surface area contributed by atoms with Crippen molar-refractivity contribution in [3.63, 3.8) is 0 Å². The maximum absolute atomic E-state index is 13.0. The van der Waals surface area contributed by atoms with Crippen molar-refractivity contribution in [1.82, 2.24) is 0 Å². The van der Waals surface area contributed by atoms with Crippen LogP contribution in [0.2, 0.25) is 0 Å². The van der Waals surface area contributed by atoms with E-state index in [9.17, 15) is 13.6 Å². The van der Waals surface area contributed by atoms with Gasteiger partial charge in [0.2, 0.25) is 0 Å². The van der Waals surface area contributed by atoms with Crippen molar-refractivity contribution in [3.8, 4) is 0 Å². The first-order chi connectivity index (χ1) is 6.49. The highest BCUT2D eigenvalue weighted by Crippen LogP contribution is 2.37. The summed E-state index contributed by atoms with van der Waals surface area (Å²) in [7, 11) is 0. The van der Waals surface area contributed by atoms with E-state index in [0.717, 1.165) is 11.3 Å². The molecule has 14 heavy (non-hydrogen) atoms. The molecule has 1 aliphatic carbocycles. The monoisotopic (exact) mass is 218 g/mol. The number of hydrogen-bond acceptors (Lipinski definition) is 2. The van der Waals surface area contributed by atoms with Gasteiger partial charge in [0.05, 0.1) is 0 Å². The van der Waals surface area contributed by atoms with Crippen molar-refractivity contribution in [2.24, 2.45) is 0 Å². The van der Waals surface area contributed by atoms with E-state index in [4.69, 9.17) is 5.11 Å². The summed E-state index contributed by atoms with van der Waals surface area (Å²) < 4.78 is 25.9. The Morgan fingerprint density at radius 3 is 2.93 bits per heavy atom. The summed E-state index contributed by atoms with van der Waals surface area (Å²) in [6.45, 7) is 0. The van der Waals surface area contributed by atoms with Crippen LogP contribution in [0.3, 0.4) is 0 Å². The van der Waals surface area contributed by atoms with Gasteiger partial charge in [-0.3, -0.25) is 0 Å². The van der Waals surface area contributed by atoms with E-state index >= 15 is 0 Å². The lowest BCUT2D eigenvalue weighted by Crippen LogP contribution is -2.25. The van der Waals surface area contributed by atoms with Crippen LogP contribution in [0.5, 0.6) is 0 Å². The summed E-state index contributed by atoms with van der Waals surface area (Å²) >= 11 is 1.04. The Morgan fingerprint density at radius 1 is 1.57 bits per heavy atom. The molecule has 1 heterocycles. The number of rotatable bonds is 1. The molecule has 0 bridgehead atoms. The first-order valence-electron chi connectivity index (χ1n) is 4.20. The van der Waals surface area contributed by atoms with Crippen molar-refractivity contribution in [3.05, 3.63) is 21.4 Å². The Balaban J connectivity index is 2.39. The first-order valence-corrected chi connectivity index (χ1v) is 5.08. The van der Waals surface area contributed by atoms with Crippen LogP contribution in [0.4, 0.5) is 8.78 Å². The minimum absolute atomic E-state index is 0.174. The number of hydrogen-bond donors (Lipinski definition) is 1. The summed E-state index contributed by atoms with van der Waals surface area (Å²) in [5.74, 6) is -3.68. The lowest BCUT2D eigenvalue weighted by molar-refractivity contribution is -0.0121. The molecule has 0 amide bonds. The molecular formula is C9H8F2O2S. The number of fused-ring (bicyclic) bond motifs is 1. The van der Waals surface area contributed by atoms with Gasteiger partial charge in [0, 0.05) is 12.8 Å². The molecule has 0 spiro atoms. The Labute approximate surface area is 83.2 Å². The molecule has 0 saturated carbocycles. The van der Waals surface area contributed by atoms with Gasteiger partial charge in [0.25, 0.3) is 5.92 Å². The van der Waals surface area contributed by atoms with Gasteiger partial charge >= 0.3 is 5.97 Å². The smallest absolute Gasteiger partial charge is 0.346 e. The Kier molecular flexibility index (Phi) is 2.06. The SMILES string of the molecule is O=C(O)c1scc2c1CCC(F)(F)C2. The maximum atomic E-state index is 13.0. The van der Waals surface area contributed by atoms with Crippen LogP contribution in [0.25, 0.3) is 0 Å². The highest BCUT2D eigenvalue weighted by Gasteiger charge is 2.36. The minimum atomic E-state index is -2.66. The van der Waals surface area contributed by atoms with E-state index in [1.165, 1.54) is 5.38 Å². The average Bonchev–Trinajstić information content (AvgIpc) is 2.44. The minimum Gasteiger partial charge on any atom is -0.477 e. The molecule has 0 saturated heterocycles. The van der Waals surface area contributed by atoms with Gasteiger partial charge in [-0.25, -0.2) is 13.6 Å². The zero-order valence-electron chi connectivity index (χ0n) is 7.22. The standard InChI is InChI=1S/C9H8F2O2S/c10-9(11)2-1-6-5(3-9)4-14-7(6)8(12)13/h4H,1-3H2,(H,12,13). The summed E-state index contributed by atoms with van der Waals surface area (Å²) in [4.78, 5) is 10.9. The third-order valence-corrected chi connectivity index (χ3v) is 3.42. The lowest BCUT2D eigenvalue weighted by Gasteiger charge is -2.21. The predicted molar refractivity (Wildman–Crippen MR) is 48.3 cm³/mol. The fourth-order valence-corrected chi connectivity index (χ4v) is 2.66. The van der Waals surface area contributed by atoms with Crippen molar-refractivity contribution in [1.29, 1.82) is 0 Å². The normalized spacial score (nSPS) is 19.0. The Morgan fingerprint density at radius 2 is 2.29 bits per heavy atom. The van der Waals surface area contributed by atoms with Crippen molar-refractivity contribution in [2.45, 2.75) is 25.2 Å². The van der Waals surface area contributed by atoms with E-state index < -0.39 is 11.9 Å². The molecule has 2 rings (SSSR count). The highest BCUT2D eigenvalue weighted by atomic mass is 32.1. The molecular weight excluding hydrogens is 210 g/mol. The maximum Gasteiger partial charge on any atom is 0.346 e. The molecule has 1 aliphatic rings. The average molecular weight is 218 g/mol. The fraction of sp³-hybridized carbons (Fsp3) is 0.444. The molecule has 1 aromatic heterocycles. The second-order valence-corrected chi connectivity index (χ2v) is 4.29. The van der Waals surface area contributed by atoms with Crippen LogP contribution in [-0.2, 0) is 12.8 Å². The Bertz CT molecular complexity index is 384. The number of halogens is 2. The second kappa shape index (κ2) is 3.02. The summed E-state index contributed by atoms with van der Waals surface area (Å²) in [5, 5.41) is 10.3. The van der Waals surface area contributed by atoms with Crippen molar-refractivity contribution >= 4 is 17.3 Å². The number of aromatic carboxylic acids is 1. The molecule has 0 atom stereocenters. The van der Waals surface area contributed by atoms with Gasteiger partial charge in [-0.2, -0.15) is 0 Å². The van der Waals surface area contributed by atoms with Gasteiger partial charge in [-0.1, -0.05) is 0 Å². The topological polar surface area (TPSA) is 37.3 Å². The van der Waals surface area contributed by atoms with Crippen molar-refractivity contribution in [2.75, 3.05) is 0 Å². The largest absolute Gasteiger partial charge is 0.477 e. The molecule has 0 aromatic carbocycles. The molecule has 1 aromatic rings. The van der Waals surface area contributed by atoms with Gasteiger partial charge in [-0.05, 0) is 22.9 Å².